The van der Waals surface area contributed by atoms with Crippen LogP contribution in [-0.2, 0) is 24.3 Å². The number of rotatable bonds is 4. The summed E-state index contributed by atoms with van der Waals surface area (Å²) in [5.74, 6) is -1.26. The topological polar surface area (TPSA) is 129 Å². The predicted molar refractivity (Wildman–Crippen MR) is 101 cm³/mol. The van der Waals surface area contributed by atoms with E-state index in [9.17, 15) is 18.0 Å². The van der Waals surface area contributed by atoms with Gasteiger partial charge in [0.15, 0.2) is 6.61 Å². The van der Waals surface area contributed by atoms with Crippen molar-refractivity contribution in [1.29, 1.82) is 5.26 Å². The molecule has 28 heavy (non-hydrogen) atoms. The van der Waals surface area contributed by atoms with E-state index >= 15 is 0 Å². The van der Waals surface area contributed by atoms with Crippen LogP contribution in [-0.4, -0.2) is 49.9 Å². The highest BCUT2D eigenvalue weighted by Gasteiger charge is 2.25. The second kappa shape index (κ2) is 7.84. The summed E-state index contributed by atoms with van der Waals surface area (Å²) in [6.45, 7) is -0.362. The molecule has 1 N–H and O–H groups in total. The molecule has 2 aliphatic heterocycles. The molecule has 0 bridgehead atoms. The Balaban J connectivity index is 1.57. The Hall–Kier alpha value is -3.16. The number of esters is 1. The van der Waals surface area contributed by atoms with Gasteiger partial charge in [-0.3, -0.25) is 4.79 Å². The van der Waals surface area contributed by atoms with Crippen LogP contribution in [0.15, 0.2) is 46.5 Å². The van der Waals surface area contributed by atoms with Crippen LogP contribution in [0.5, 0.6) is 0 Å². The largest absolute Gasteiger partial charge is 0.452 e. The third-order valence-corrected chi connectivity index (χ3v) is 5.24. The summed E-state index contributed by atoms with van der Waals surface area (Å²) in [5.41, 5.74) is 0.792. The number of amidine groups is 1. The smallest absolute Gasteiger partial charge is 0.340 e. The molecule has 11 heteroatoms. The van der Waals surface area contributed by atoms with Crippen molar-refractivity contribution in [3.63, 3.8) is 0 Å². The molecule has 0 atom stereocenters. The highest BCUT2D eigenvalue weighted by molar-refractivity contribution is 7.90. The van der Waals surface area contributed by atoms with E-state index < -0.39 is 28.5 Å². The monoisotopic (exact) mass is 420 g/mol. The van der Waals surface area contributed by atoms with E-state index in [0.29, 0.717) is 5.69 Å². The quantitative estimate of drug-likeness (QED) is 0.724. The number of hydrogen-bond donors (Lipinski definition) is 1. The molecule has 0 fully saturated rings. The van der Waals surface area contributed by atoms with Gasteiger partial charge in [-0.1, -0.05) is 11.6 Å². The van der Waals surface area contributed by atoms with Gasteiger partial charge in [-0.2, -0.15) is 5.26 Å². The molecule has 0 radical (unpaired) electrons. The zero-order valence-corrected chi connectivity index (χ0v) is 15.8. The lowest BCUT2D eigenvalue weighted by Gasteiger charge is -2.26. The van der Waals surface area contributed by atoms with E-state index in [0.717, 1.165) is 0 Å². The number of fused-ring (bicyclic) bond motifs is 1. The number of nitriles is 1. The molecule has 1 aromatic carbocycles. The van der Waals surface area contributed by atoms with Gasteiger partial charge in [0, 0.05) is 18.4 Å². The number of anilines is 1. The standard InChI is InChI=1S/C17H13ClN4O5S/c18-14-7-13(3-1-11(14)8-19)20-16(23)10-27-17(24)12-2-4-15-21-28(25,26)6-5-22(15)9-12/h1-4,7,9H,5-6,10H2,(H,20,23). The molecule has 144 valence electrons. The molecule has 9 nitrogen and oxygen atoms in total. The minimum atomic E-state index is -3.48. The van der Waals surface area contributed by atoms with Gasteiger partial charge in [-0.05, 0) is 30.4 Å². The van der Waals surface area contributed by atoms with Gasteiger partial charge in [-0.25, -0.2) is 13.2 Å². The molecule has 0 aliphatic carbocycles. The summed E-state index contributed by atoms with van der Waals surface area (Å²) in [7, 11) is -3.48. The van der Waals surface area contributed by atoms with Crippen molar-refractivity contribution in [2.45, 2.75) is 0 Å². The number of amides is 1. The van der Waals surface area contributed by atoms with E-state index in [4.69, 9.17) is 21.6 Å². The van der Waals surface area contributed by atoms with Gasteiger partial charge in [-0.15, -0.1) is 4.40 Å². The molecule has 0 saturated heterocycles. The molecule has 1 aromatic rings. The summed E-state index contributed by atoms with van der Waals surface area (Å²) in [6, 6.07) is 6.28. The number of halogens is 1. The Labute approximate surface area is 165 Å². The van der Waals surface area contributed by atoms with Crippen molar-refractivity contribution >= 4 is 45.0 Å². The van der Waals surface area contributed by atoms with Crippen LogP contribution >= 0.6 is 11.6 Å². The van der Waals surface area contributed by atoms with Gasteiger partial charge in [0.25, 0.3) is 15.9 Å². The summed E-state index contributed by atoms with van der Waals surface area (Å²) < 4.78 is 31.5. The van der Waals surface area contributed by atoms with E-state index in [1.165, 1.54) is 41.5 Å². The van der Waals surface area contributed by atoms with E-state index in [-0.39, 0.29) is 34.3 Å². The number of hydrogen-bond acceptors (Lipinski definition) is 7. The van der Waals surface area contributed by atoms with Crippen molar-refractivity contribution in [2.75, 3.05) is 24.2 Å². The summed E-state index contributed by atoms with van der Waals surface area (Å²) in [6.07, 6.45) is 4.19. The first-order chi connectivity index (χ1) is 13.3. The van der Waals surface area contributed by atoms with Crippen LogP contribution in [0.2, 0.25) is 5.02 Å². The first-order valence-corrected chi connectivity index (χ1v) is 9.92. The minimum absolute atomic E-state index is 0.154. The Morgan fingerprint density at radius 1 is 1.36 bits per heavy atom. The number of benzene rings is 1. The first-order valence-electron chi connectivity index (χ1n) is 7.93. The first kappa shape index (κ1) is 19.6. The number of nitrogens with zero attached hydrogens (tertiary/aromatic N) is 3. The summed E-state index contributed by atoms with van der Waals surface area (Å²) in [4.78, 5) is 25.6. The van der Waals surface area contributed by atoms with Crippen molar-refractivity contribution in [3.8, 4) is 6.07 Å². The highest BCUT2D eigenvalue weighted by atomic mass is 35.5. The number of carbonyl (C=O) groups is 2. The van der Waals surface area contributed by atoms with Gasteiger partial charge in [0.2, 0.25) is 0 Å². The SMILES string of the molecule is N#Cc1ccc(NC(=O)COC(=O)C2=CN3CCS(=O)(=O)N=C3C=C2)cc1Cl. The number of ether oxygens (including phenoxy) is 1. The second-order valence-corrected chi connectivity index (χ2v) is 7.94. The Morgan fingerprint density at radius 2 is 2.14 bits per heavy atom. The molecular formula is C17H13ClN4O5S. The molecule has 2 aliphatic rings. The van der Waals surface area contributed by atoms with Gasteiger partial charge >= 0.3 is 5.97 Å². The normalized spacial score (nSPS) is 16.9. The van der Waals surface area contributed by atoms with Crippen LogP contribution in [0.3, 0.4) is 0 Å². The minimum Gasteiger partial charge on any atom is -0.452 e. The Bertz CT molecular complexity index is 1090. The molecular weight excluding hydrogens is 408 g/mol. The van der Waals surface area contributed by atoms with E-state index in [2.05, 4.69) is 9.71 Å². The van der Waals surface area contributed by atoms with Crippen LogP contribution in [0.1, 0.15) is 5.56 Å². The lowest BCUT2D eigenvalue weighted by molar-refractivity contribution is -0.143. The molecule has 2 heterocycles. The van der Waals surface area contributed by atoms with Crippen molar-refractivity contribution < 1.29 is 22.7 Å². The molecule has 1 amide bonds. The maximum absolute atomic E-state index is 12.1. The third-order valence-electron chi connectivity index (χ3n) is 3.77. The van der Waals surface area contributed by atoms with Gasteiger partial charge in [0.05, 0.1) is 21.9 Å². The zero-order chi connectivity index (χ0) is 20.3. The number of carbonyl (C=O) groups excluding carboxylic acids is 2. The van der Waals surface area contributed by atoms with Crippen LogP contribution in [0, 0.1) is 11.3 Å². The Kier molecular flexibility index (Phi) is 5.48. The highest BCUT2D eigenvalue weighted by Crippen LogP contribution is 2.20. The predicted octanol–water partition coefficient (Wildman–Crippen LogP) is 1.19. The number of nitrogens with one attached hydrogen (secondary N) is 1. The summed E-state index contributed by atoms with van der Waals surface area (Å²) >= 11 is 5.89. The van der Waals surface area contributed by atoms with Gasteiger partial charge in [0.1, 0.15) is 11.9 Å². The fourth-order valence-electron chi connectivity index (χ4n) is 2.42. The van der Waals surface area contributed by atoms with Crippen LogP contribution in [0.4, 0.5) is 5.69 Å². The summed E-state index contributed by atoms with van der Waals surface area (Å²) in [5, 5.41) is 11.5. The maximum Gasteiger partial charge on any atom is 0.340 e. The third kappa shape index (κ3) is 4.57. The van der Waals surface area contributed by atoms with Crippen molar-refractivity contribution in [1.82, 2.24) is 4.90 Å². The molecule has 0 saturated carbocycles. The van der Waals surface area contributed by atoms with Crippen molar-refractivity contribution in [3.05, 3.63) is 52.7 Å². The lowest BCUT2D eigenvalue weighted by atomic mass is 10.2. The van der Waals surface area contributed by atoms with E-state index in [1.807, 2.05) is 6.07 Å². The zero-order valence-electron chi connectivity index (χ0n) is 14.3. The van der Waals surface area contributed by atoms with Crippen LogP contribution in [0.25, 0.3) is 0 Å². The molecule has 0 aromatic heterocycles. The van der Waals surface area contributed by atoms with Crippen molar-refractivity contribution in [2.24, 2.45) is 4.40 Å². The molecule has 0 spiro atoms. The van der Waals surface area contributed by atoms with E-state index in [1.54, 1.807) is 0 Å². The maximum atomic E-state index is 12.1. The Morgan fingerprint density at radius 3 is 2.86 bits per heavy atom. The fourth-order valence-corrected chi connectivity index (χ4v) is 3.61. The lowest BCUT2D eigenvalue weighted by Crippen LogP contribution is -2.37. The average Bonchev–Trinajstić information content (AvgIpc) is 2.65. The average molecular weight is 421 g/mol. The number of sulfonamides is 1. The fraction of sp³-hybridized carbons (Fsp3) is 0.176. The molecule has 3 rings (SSSR count). The molecule has 0 unspecified atom stereocenters. The second-order valence-electron chi connectivity index (χ2n) is 5.78. The van der Waals surface area contributed by atoms with Gasteiger partial charge < -0.3 is 15.0 Å². The van der Waals surface area contributed by atoms with Crippen LogP contribution < -0.4 is 5.32 Å².